The molecule has 0 aliphatic heterocycles. The topological polar surface area (TPSA) is 57.2 Å². The van der Waals surface area contributed by atoms with E-state index in [1.165, 1.54) is 24.7 Å². The van der Waals surface area contributed by atoms with E-state index < -0.39 is 29.4 Å². The van der Waals surface area contributed by atoms with Gasteiger partial charge in [-0.3, -0.25) is 4.79 Å². The van der Waals surface area contributed by atoms with Gasteiger partial charge in [0.2, 0.25) is 0 Å². The number of hydrogen-bond acceptors (Lipinski definition) is 2. The lowest BCUT2D eigenvalue weighted by Crippen LogP contribution is -2.13. The zero-order valence-corrected chi connectivity index (χ0v) is 16.9. The van der Waals surface area contributed by atoms with Gasteiger partial charge in [-0.05, 0) is 54.4 Å². The minimum Gasteiger partial charge on any atom is -0.497 e. The number of hydrogen-bond donors (Lipinski definition) is 1. The molecule has 1 heterocycles. The first-order valence-corrected chi connectivity index (χ1v) is 9.24. The minimum atomic E-state index is -5.00. The molecule has 0 aliphatic rings. The molecule has 0 spiro atoms. The van der Waals surface area contributed by atoms with E-state index in [4.69, 9.17) is 10.5 Å². The number of halogens is 6. The number of ether oxygens (including phenoxy) is 1. The molecule has 1 amide bonds. The Labute approximate surface area is 179 Å². The average molecular weight is 456 g/mol. The van der Waals surface area contributed by atoms with Crippen LogP contribution in [0.15, 0.2) is 48.5 Å². The van der Waals surface area contributed by atoms with Crippen LogP contribution in [0, 0.1) is 6.92 Å². The van der Waals surface area contributed by atoms with Crippen molar-refractivity contribution in [1.82, 2.24) is 4.57 Å². The molecule has 0 saturated heterocycles. The van der Waals surface area contributed by atoms with Crippen molar-refractivity contribution < 1.29 is 35.9 Å². The van der Waals surface area contributed by atoms with Crippen LogP contribution in [0.1, 0.15) is 32.7 Å². The van der Waals surface area contributed by atoms with E-state index in [0.717, 1.165) is 0 Å². The van der Waals surface area contributed by atoms with Crippen LogP contribution in [0.3, 0.4) is 0 Å². The number of amides is 1. The van der Waals surface area contributed by atoms with Gasteiger partial charge in [0.1, 0.15) is 5.75 Å². The maximum absolute atomic E-state index is 13.3. The summed E-state index contributed by atoms with van der Waals surface area (Å²) in [7, 11) is 1.48. The molecule has 3 aromatic rings. The van der Waals surface area contributed by atoms with Gasteiger partial charge in [0.15, 0.2) is 0 Å². The summed E-state index contributed by atoms with van der Waals surface area (Å²) >= 11 is 0. The number of methoxy groups -OCH3 is 1. The van der Waals surface area contributed by atoms with Gasteiger partial charge in [0, 0.05) is 17.9 Å². The van der Waals surface area contributed by atoms with Gasteiger partial charge < -0.3 is 15.0 Å². The predicted octanol–water partition coefficient (Wildman–Crippen LogP) is 5.66. The Bertz CT molecular complexity index is 1110. The predicted molar refractivity (Wildman–Crippen MR) is 105 cm³/mol. The van der Waals surface area contributed by atoms with Gasteiger partial charge in [-0.1, -0.05) is 12.1 Å². The van der Waals surface area contributed by atoms with Crippen molar-refractivity contribution in [1.29, 1.82) is 0 Å². The Kier molecular flexibility index (Phi) is 5.99. The van der Waals surface area contributed by atoms with Crippen LogP contribution in [0.5, 0.6) is 5.75 Å². The van der Waals surface area contributed by atoms with Crippen LogP contribution in [-0.2, 0) is 18.9 Å². The standard InChI is InChI=1S/C22H18F6N2O2/c1-12-18(20(29)31)10-19(30(12)11-13-3-5-17(32-2)6-4-13)14-7-15(21(23,24)25)9-16(8-14)22(26,27)28/h3-10H,11H2,1-2H3,(H2,29,31). The zero-order valence-electron chi connectivity index (χ0n) is 16.9. The summed E-state index contributed by atoms with van der Waals surface area (Å²) in [5.74, 6) is -0.274. The second-order valence-electron chi connectivity index (χ2n) is 7.12. The molecule has 4 nitrogen and oxygen atoms in total. The van der Waals surface area contributed by atoms with Gasteiger partial charge in [0.05, 0.1) is 23.8 Å². The molecule has 170 valence electrons. The van der Waals surface area contributed by atoms with Gasteiger partial charge >= 0.3 is 12.4 Å². The fourth-order valence-corrected chi connectivity index (χ4v) is 3.35. The van der Waals surface area contributed by atoms with E-state index in [0.29, 0.717) is 29.1 Å². The lowest BCUT2D eigenvalue weighted by atomic mass is 10.0. The summed E-state index contributed by atoms with van der Waals surface area (Å²) in [5.41, 5.74) is 3.15. The molecular formula is C22H18F6N2O2. The van der Waals surface area contributed by atoms with Crippen LogP contribution in [-0.4, -0.2) is 17.6 Å². The highest BCUT2D eigenvalue weighted by Crippen LogP contribution is 2.39. The fraction of sp³-hybridized carbons (Fsp3) is 0.227. The van der Waals surface area contributed by atoms with Crippen molar-refractivity contribution in [2.24, 2.45) is 5.73 Å². The number of nitrogens with zero attached hydrogens (tertiary/aromatic N) is 1. The summed E-state index contributed by atoms with van der Waals surface area (Å²) in [6.45, 7) is 1.60. The first-order chi connectivity index (χ1) is 14.8. The maximum Gasteiger partial charge on any atom is 0.416 e. The number of nitrogens with two attached hydrogens (primary N) is 1. The van der Waals surface area contributed by atoms with Gasteiger partial charge in [-0.2, -0.15) is 26.3 Å². The molecule has 0 atom stereocenters. The molecular weight excluding hydrogens is 438 g/mol. The zero-order chi connectivity index (χ0) is 23.8. The van der Waals surface area contributed by atoms with Crippen molar-refractivity contribution in [2.45, 2.75) is 25.8 Å². The molecule has 0 bridgehead atoms. The van der Waals surface area contributed by atoms with E-state index in [1.807, 2.05) is 0 Å². The third kappa shape index (κ3) is 4.74. The highest BCUT2D eigenvalue weighted by atomic mass is 19.4. The highest BCUT2D eigenvalue weighted by molar-refractivity contribution is 5.95. The van der Waals surface area contributed by atoms with E-state index in [-0.39, 0.29) is 29.4 Å². The SMILES string of the molecule is COc1ccc(Cn2c(-c3cc(C(F)(F)F)cc(C(F)(F)F)c3)cc(C(N)=O)c2C)cc1. The Balaban J connectivity index is 2.22. The number of aromatic nitrogens is 1. The monoisotopic (exact) mass is 456 g/mol. The van der Waals surface area contributed by atoms with Crippen LogP contribution in [0.25, 0.3) is 11.3 Å². The molecule has 2 aromatic carbocycles. The minimum absolute atomic E-state index is 0.000480. The smallest absolute Gasteiger partial charge is 0.416 e. The third-order valence-electron chi connectivity index (χ3n) is 5.02. The first-order valence-electron chi connectivity index (χ1n) is 9.24. The summed E-state index contributed by atoms with van der Waals surface area (Å²) in [6.07, 6.45) is -9.99. The first kappa shape index (κ1) is 23.2. The Morgan fingerprint density at radius 2 is 1.47 bits per heavy atom. The Hall–Kier alpha value is -3.43. The normalized spacial score (nSPS) is 12.1. The quantitative estimate of drug-likeness (QED) is 0.504. The highest BCUT2D eigenvalue weighted by Gasteiger charge is 2.37. The van der Waals surface area contributed by atoms with Crippen LogP contribution in [0.4, 0.5) is 26.3 Å². The second kappa shape index (κ2) is 8.25. The van der Waals surface area contributed by atoms with Gasteiger partial charge in [0.25, 0.3) is 5.91 Å². The van der Waals surface area contributed by atoms with Crippen LogP contribution < -0.4 is 10.5 Å². The molecule has 0 unspecified atom stereocenters. The third-order valence-corrected chi connectivity index (χ3v) is 5.02. The van der Waals surface area contributed by atoms with E-state index >= 15 is 0 Å². The van der Waals surface area contributed by atoms with Crippen molar-refractivity contribution in [2.75, 3.05) is 7.11 Å². The van der Waals surface area contributed by atoms with Gasteiger partial charge in [-0.15, -0.1) is 0 Å². The molecule has 1 aromatic heterocycles. The average Bonchev–Trinajstić information content (AvgIpc) is 3.03. The van der Waals surface area contributed by atoms with E-state index in [1.54, 1.807) is 24.3 Å². The molecule has 0 saturated carbocycles. The van der Waals surface area contributed by atoms with Crippen molar-refractivity contribution >= 4 is 5.91 Å². The van der Waals surface area contributed by atoms with E-state index in [2.05, 4.69) is 0 Å². The van der Waals surface area contributed by atoms with Crippen molar-refractivity contribution in [3.8, 4) is 17.0 Å². The number of carbonyl (C=O) groups excluding carboxylic acids is 1. The molecule has 3 rings (SSSR count). The Morgan fingerprint density at radius 1 is 0.938 bits per heavy atom. The number of alkyl halides is 6. The van der Waals surface area contributed by atoms with Crippen LogP contribution in [0.2, 0.25) is 0 Å². The van der Waals surface area contributed by atoms with Crippen LogP contribution >= 0.6 is 0 Å². The summed E-state index contributed by atoms with van der Waals surface area (Å²) in [4.78, 5) is 11.8. The van der Waals surface area contributed by atoms with Crippen molar-refractivity contribution in [3.05, 3.63) is 76.5 Å². The maximum atomic E-state index is 13.3. The van der Waals surface area contributed by atoms with E-state index in [9.17, 15) is 31.1 Å². The lowest BCUT2D eigenvalue weighted by Gasteiger charge is -2.17. The molecule has 0 radical (unpaired) electrons. The lowest BCUT2D eigenvalue weighted by molar-refractivity contribution is -0.143. The number of primary amides is 1. The molecule has 2 N–H and O–H groups in total. The largest absolute Gasteiger partial charge is 0.497 e. The molecule has 0 aliphatic carbocycles. The number of rotatable bonds is 5. The molecule has 0 fully saturated rings. The number of benzene rings is 2. The Morgan fingerprint density at radius 3 is 1.91 bits per heavy atom. The summed E-state index contributed by atoms with van der Waals surface area (Å²) in [5, 5.41) is 0. The fourth-order valence-electron chi connectivity index (χ4n) is 3.35. The number of carbonyl (C=O) groups is 1. The summed E-state index contributed by atoms with van der Waals surface area (Å²) in [6, 6.07) is 9.22. The van der Waals surface area contributed by atoms with Crippen molar-refractivity contribution in [3.63, 3.8) is 0 Å². The summed E-state index contributed by atoms with van der Waals surface area (Å²) < 4.78 is 86.5. The van der Waals surface area contributed by atoms with Gasteiger partial charge in [-0.25, -0.2) is 0 Å². The molecule has 32 heavy (non-hydrogen) atoms. The second-order valence-corrected chi connectivity index (χ2v) is 7.12. The molecule has 10 heteroatoms.